The van der Waals surface area contributed by atoms with Crippen molar-refractivity contribution in [3.63, 3.8) is 0 Å². The fraction of sp³-hybridized carbons (Fsp3) is 0.750. The van der Waals surface area contributed by atoms with Crippen molar-refractivity contribution in [1.82, 2.24) is 15.3 Å². The minimum absolute atomic E-state index is 0.324. The summed E-state index contributed by atoms with van der Waals surface area (Å²) in [6.07, 6.45) is 0. The minimum atomic E-state index is 0.324. The molecule has 0 aliphatic carbocycles. The van der Waals surface area contributed by atoms with Crippen LogP contribution >= 0.6 is 11.8 Å². The van der Waals surface area contributed by atoms with Crippen LogP contribution in [0.1, 0.15) is 13.8 Å². The van der Waals surface area contributed by atoms with E-state index in [4.69, 9.17) is 0 Å². The maximum absolute atomic E-state index is 3.37. The van der Waals surface area contributed by atoms with Gasteiger partial charge in [0.1, 0.15) is 5.50 Å². The van der Waals surface area contributed by atoms with Crippen LogP contribution in [0.15, 0.2) is 5.70 Å². The third-order valence-electron chi connectivity index (χ3n) is 1.69. The Balaban J connectivity index is 2.57. The van der Waals surface area contributed by atoms with Gasteiger partial charge in [-0.1, -0.05) is 18.7 Å². The average Bonchev–Trinajstić information content (AvgIpc) is 2.32. The molecule has 0 fully saturated rings. The van der Waals surface area contributed by atoms with Gasteiger partial charge in [-0.05, 0) is 13.5 Å². The number of rotatable bonds is 3. The number of hydrogen-bond donors (Lipinski definition) is 1. The van der Waals surface area contributed by atoms with Gasteiger partial charge in [-0.25, -0.2) is 5.01 Å². The molecule has 12 heavy (non-hydrogen) atoms. The molecule has 1 unspecified atom stereocenters. The highest BCUT2D eigenvalue weighted by atomic mass is 32.2. The van der Waals surface area contributed by atoms with Crippen molar-refractivity contribution < 1.29 is 0 Å². The predicted octanol–water partition coefficient (Wildman–Crippen LogP) is 1.07. The van der Waals surface area contributed by atoms with Crippen LogP contribution in [0.25, 0.3) is 0 Å². The quantitative estimate of drug-likeness (QED) is 0.710. The number of hydrogen-bond acceptors (Lipinski definition) is 4. The summed E-state index contributed by atoms with van der Waals surface area (Å²) in [6.45, 7) is 5.17. The summed E-state index contributed by atoms with van der Waals surface area (Å²) in [5.74, 6) is 0. The molecular formula is C8H16N3S. The summed E-state index contributed by atoms with van der Waals surface area (Å²) in [6, 6.07) is 0. The normalized spacial score (nSPS) is 23.6. The van der Waals surface area contributed by atoms with E-state index >= 15 is 0 Å². The topological polar surface area (TPSA) is 18.5 Å². The Bertz CT molecular complexity index is 179. The molecule has 0 aromatic carbocycles. The zero-order valence-electron chi connectivity index (χ0n) is 8.09. The predicted molar refractivity (Wildman–Crippen MR) is 53.0 cm³/mol. The van der Waals surface area contributed by atoms with Gasteiger partial charge in [0.25, 0.3) is 0 Å². The van der Waals surface area contributed by atoms with Crippen molar-refractivity contribution in [3.05, 3.63) is 11.1 Å². The van der Waals surface area contributed by atoms with Gasteiger partial charge in [0, 0.05) is 25.2 Å². The first-order valence-corrected chi connectivity index (χ1v) is 5.00. The van der Waals surface area contributed by atoms with Crippen molar-refractivity contribution >= 4 is 11.8 Å². The first kappa shape index (κ1) is 9.89. The van der Waals surface area contributed by atoms with E-state index in [9.17, 15) is 0 Å². The molecule has 0 aromatic rings. The van der Waals surface area contributed by atoms with E-state index in [2.05, 4.69) is 34.6 Å². The maximum Gasteiger partial charge on any atom is 0.147 e. The van der Waals surface area contributed by atoms with Crippen molar-refractivity contribution in [3.8, 4) is 0 Å². The monoisotopic (exact) mass is 186 g/mol. The summed E-state index contributed by atoms with van der Waals surface area (Å²) in [5, 5.41) is 10.9. The first-order valence-electron chi connectivity index (χ1n) is 4.12. The molecule has 0 aromatic heterocycles. The molecule has 0 saturated carbocycles. The largest absolute Gasteiger partial charge is 0.288 e. The van der Waals surface area contributed by atoms with Crippen molar-refractivity contribution in [2.24, 2.45) is 0 Å². The highest BCUT2D eigenvalue weighted by Crippen LogP contribution is 2.27. The molecule has 0 saturated heterocycles. The van der Waals surface area contributed by atoms with Gasteiger partial charge < -0.3 is 0 Å². The standard InChI is InChI=1S/C8H16N3S/c1-5-9-8-11(10(3)4)7(2)6-12-8/h8-9H,5H2,1-4H3. The van der Waals surface area contributed by atoms with Crippen LogP contribution in [0.2, 0.25) is 0 Å². The Morgan fingerprint density at radius 2 is 2.33 bits per heavy atom. The second kappa shape index (κ2) is 4.16. The highest BCUT2D eigenvalue weighted by Gasteiger charge is 2.25. The van der Waals surface area contributed by atoms with Gasteiger partial charge in [-0.2, -0.15) is 0 Å². The van der Waals surface area contributed by atoms with Crippen LogP contribution in [0, 0.1) is 5.41 Å². The third-order valence-corrected chi connectivity index (χ3v) is 2.70. The molecule has 69 valence electrons. The van der Waals surface area contributed by atoms with Crippen molar-refractivity contribution in [1.29, 1.82) is 0 Å². The van der Waals surface area contributed by atoms with Crippen LogP contribution in [0.5, 0.6) is 0 Å². The molecule has 1 N–H and O–H groups in total. The number of hydrazine groups is 1. The number of thioether (sulfide) groups is 1. The van der Waals surface area contributed by atoms with E-state index in [1.807, 2.05) is 14.1 Å². The summed E-state index contributed by atoms with van der Waals surface area (Å²) in [7, 11) is 4.09. The van der Waals surface area contributed by atoms with Gasteiger partial charge in [-0.15, -0.1) is 0 Å². The molecule has 1 aliphatic rings. The minimum Gasteiger partial charge on any atom is -0.288 e. The Morgan fingerprint density at radius 1 is 1.67 bits per heavy atom. The molecule has 1 heterocycles. The summed E-state index contributed by atoms with van der Waals surface area (Å²) in [4.78, 5) is 0. The van der Waals surface area contributed by atoms with Crippen LogP contribution in [0.4, 0.5) is 0 Å². The first-order chi connectivity index (χ1) is 5.66. The van der Waals surface area contributed by atoms with Crippen molar-refractivity contribution in [2.45, 2.75) is 19.3 Å². The molecule has 3 nitrogen and oxygen atoms in total. The van der Waals surface area contributed by atoms with Gasteiger partial charge >= 0.3 is 0 Å². The SMILES string of the molecule is CCNC1S[C]=C(C)N1N(C)C. The molecule has 1 atom stereocenters. The summed E-state index contributed by atoms with van der Waals surface area (Å²) in [5.41, 5.74) is 1.50. The van der Waals surface area contributed by atoms with Crippen LogP contribution in [0.3, 0.4) is 0 Å². The van der Waals surface area contributed by atoms with Gasteiger partial charge in [0.05, 0.1) is 0 Å². The molecule has 4 heteroatoms. The molecule has 0 spiro atoms. The van der Waals surface area contributed by atoms with Gasteiger partial charge in [0.2, 0.25) is 0 Å². The second-order valence-corrected chi connectivity index (χ2v) is 3.79. The fourth-order valence-corrected chi connectivity index (χ4v) is 2.30. The molecule has 1 radical (unpaired) electrons. The lowest BCUT2D eigenvalue weighted by Crippen LogP contribution is -2.46. The highest BCUT2D eigenvalue weighted by molar-refractivity contribution is 8.01. The van der Waals surface area contributed by atoms with E-state index in [1.54, 1.807) is 11.8 Å². The van der Waals surface area contributed by atoms with Gasteiger partial charge in [-0.3, -0.25) is 10.3 Å². The number of nitrogens with one attached hydrogen (secondary N) is 1. The maximum atomic E-state index is 3.37. The summed E-state index contributed by atoms with van der Waals surface area (Å²) < 4.78 is 0. The zero-order valence-corrected chi connectivity index (χ0v) is 8.90. The fourth-order valence-electron chi connectivity index (χ4n) is 1.23. The van der Waals surface area contributed by atoms with E-state index < -0.39 is 0 Å². The number of nitrogens with zero attached hydrogens (tertiary/aromatic N) is 2. The molecule has 0 amide bonds. The van der Waals surface area contributed by atoms with Gasteiger partial charge in [0.15, 0.2) is 0 Å². The van der Waals surface area contributed by atoms with E-state index in [0.29, 0.717) is 5.50 Å². The van der Waals surface area contributed by atoms with E-state index in [1.165, 1.54) is 5.70 Å². The lowest BCUT2D eigenvalue weighted by molar-refractivity contribution is 0.0466. The van der Waals surface area contributed by atoms with E-state index in [-0.39, 0.29) is 0 Å². The van der Waals surface area contributed by atoms with Crippen LogP contribution in [-0.4, -0.2) is 36.2 Å². The lowest BCUT2D eigenvalue weighted by atomic mass is 10.5. The van der Waals surface area contributed by atoms with E-state index in [0.717, 1.165) is 6.54 Å². The Labute approximate surface area is 78.8 Å². The lowest BCUT2D eigenvalue weighted by Gasteiger charge is -2.33. The Kier molecular flexibility index (Phi) is 3.43. The van der Waals surface area contributed by atoms with Crippen molar-refractivity contribution in [2.75, 3.05) is 20.6 Å². The Morgan fingerprint density at radius 3 is 2.83 bits per heavy atom. The summed E-state index contributed by atoms with van der Waals surface area (Å²) >= 11 is 1.70. The van der Waals surface area contributed by atoms with Crippen LogP contribution < -0.4 is 5.32 Å². The smallest absolute Gasteiger partial charge is 0.147 e. The molecular weight excluding hydrogens is 170 g/mol. The zero-order chi connectivity index (χ0) is 9.14. The third kappa shape index (κ3) is 1.94. The Hall–Kier alpha value is -0.190. The average molecular weight is 186 g/mol. The van der Waals surface area contributed by atoms with Crippen LogP contribution in [-0.2, 0) is 0 Å². The molecule has 1 rings (SSSR count). The molecule has 0 bridgehead atoms. The second-order valence-electron chi connectivity index (χ2n) is 2.91. The molecule has 1 aliphatic heterocycles. The number of allylic oxidation sites excluding steroid dienone is 1.